The minimum absolute atomic E-state index is 0.0498. The Kier molecular flexibility index (Phi) is 6.32. The zero-order valence-electron chi connectivity index (χ0n) is 12.0. The van der Waals surface area contributed by atoms with Crippen LogP contribution in [0.3, 0.4) is 0 Å². The van der Waals surface area contributed by atoms with Gasteiger partial charge in [-0.1, -0.05) is 19.4 Å². The fraction of sp³-hybridized carbons (Fsp3) is 0.429. The maximum absolute atomic E-state index is 12.2. The zero-order chi connectivity index (χ0) is 15.8. The van der Waals surface area contributed by atoms with Gasteiger partial charge in [0.05, 0.1) is 0 Å². The number of hydrogen-bond donors (Lipinski definition) is 1. The highest BCUT2D eigenvalue weighted by Crippen LogP contribution is 2.01. The number of aliphatic carboxylic acids is 1. The van der Waals surface area contributed by atoms with E-state index in [0.29, 0.717) is 6.54 Å². The van der Waals surface area contributed by atoms with E-state index in [2.05, 4.69) is 11.7 Å². The number of nitrogens with zero attached hydrogens (tertiary/aromatic N) is 3. The molecule has 0 aromatic carbocycles. The molecule has 0 aliphatic carbocycles. The molecule has 0 saturated carbocycles. The predicted octanol–water partition coefficient (Wildman–Crippen LogP) is 0.756. The van der Waals surface area contributed by atoms with Crippen molar-refractivity contribution in [2.24, 2.45) is 0 Å². The maximum atomic E-state index is 12.2. The van der Waals surface area contributed by atoms with Crippen LogP contribution in [0.5, 0.6) is 0 Å². The molecule has 0 aliphatic heterocycles. The molecule has 114 valence electrons. The van der Waals surface area contributed by atoms with Crippen molar-refractivity contribution in [2.75, 3.05) is 13.1 Å². The number of carboxylic acid groups (broad SMARTS) is 1. The summed E-state index contributed by atoms with van der Waals surface area (Å²) in [4.78, 5) is 35.8. The molecule has 1 N–H and O–H groups in total. The predicted molar refractivity (Wildman–Crippen MR) is 77.1 cm³/mol. The minimum Gasteiger partial charge on any atom is -0.480 e. The first-order valence-electron chi connectivity index (χ1n) is 6.69. The smallest absolute Gasteiger partial charge is 0.323 e. The summed E-state index contributed by atoms with van der Waals surface area (Å²) in [6.07, 6.45) is 3.11. The van der Waals surface area contributed by atoms with Crippen LogP contribution in [0.4, 0.5) is 0 Å². The van der Waals surface area contributed by atoms with Gasteiger partial charge in [0.15, 0.2) is 0 Å². The lowest BCUT2D eigenvalue weighted by Crippen LogP contribution is -2.37. The Morgan fingerprint density at radius 1 is 1.48 bits per heavy atom. The lowest BCUT2D eigenvalue weighted by atomic mass is 10.3. The van der Waals surface area contributed by atoms with Gasteiger partial charge in [-0.15, -0.1) is 6.58 Å². The minimum atomic E-state index is -1.12. The van der Waals surface area contributed by atoms with Gasteiger partial charge in [-0.3, -0.25) is 14.4 Å². The standard InChI is InChI=1S/C14H19N3O4/c1-3-5-9-17-12(18)7-6-11(15-17)14(21)16(8-4-2)10-13(19)20/h4,6-7H,2-3,5,8-10H2,1H3,(H,19,20). The van der Waals surface area contributed by atoms with E-state index in [-0.39, 0.29) is 17.8 Å². The average Bonchev–Trinajstić information content (AvgIpc) is 2.45. The normalized spacial score (nSPS) is 10.1. The van der Waals surface area contributed by atoms with Gasteiger partial charge in [0, 0.05) is 19.2 Å². The lowest BCUT2D eigenvalue weighted by molar-refractivity contribution is -0.137. The molecular weight excluding hydrogens is 274 g/mol. The van der Waals surface area contributed by atoms with E-state index < -0.39 is 18.4 Å². The van der Waals surface area contributed by atoms with Crippen molar-refractivity contribution in [3.63, 3.8) is 0 Å². The summed E-state index contributed by atoms with van der Waals surface area (Å²) in [5, 5.41) is 12.8. The second kappa shape index (κ2) is 7.98. The molecule has 1 heterocycles. The molecule has 0 spiro atoms. The number of amides is 1. The lowest BCUT2D eigenvalue weighted by Gasteiger charge is -2.18. The highest BCUT2D eigenvalue weighted by Gasteiger charge is 2.19. The third kappa shape index (κ3) is 4.87. The number of hydrogen-bond acceptors (Lipinski definition) is 4. The number of carbonyl (C=O) groups is 2. The zero-order valence-corrected chi connectivity index (χ0v) is 12.0. The molecular formula is C14H19N3O4. The van der Waals surface area contributed by atoms with Gasteiger partial charge in [-0.05, 0) is 12.5 Å². The maximum Gasteiger partial charge on any atom is 0.323 e. The summed E-state index contributed by atoms with van der Waals surface area (Å²) < 4.78 is 1.23. The summed E-state index contributed by atoms with van der Waals surface area (Å²) in [7, 11) is 0. The Bertz CT molecular complexity index is 580. The Morgan fingerprint density at radius 3 is 2.76 bits per heavy atom. The quantitative estimate of drug-likeness (QED) is 0.714. The van der Waals surface area contributed by atoms with E-state index in [4.69, 9.17) is 5.11 Å². The number of rotatable bonds is 8. The molecule has 0 fully saturated rings. The molecule has 7 heteroatoms. The van der Waals surface area contributed by atoms with Crippen molar-refractivity contribution in [3.8, 4) is 0 Å². The third-order valence-electron chi connectivity index (χ3n) is 2.77. The second-order valence-corrected chi connectivity index (χ2v) is 4.50. The molecule has 0 aliphatic rings. The molecule has 1 aromatic heterocycles. The molecule has 7 nitrogen and oxygen atoms in total. The van der Waals surface area contributed by atoms with Crippen LogP contribution in [-0.4, -0.2) is 44.8 Å². The van der Waals surface area contributed by atoms with Crippen LogP contribution in [0, 0.1) is 0 Å². The summed E-state index contributed by atoms with van der Waals surface area (Å²) in [5.74, 6) is -1.66. The van der Waals surface area contributed by atoms with E-state index in [1.54, 1.807) is 0 Å². The number of carboxylic acids is 1. The molecule has 0 saturated heterocycles. The van der Waals surface area contributed by atoms with Gasteiger partial charge in [0.25, 0.3) is 11.5 Å². The van der Waals surface area contributed by atoms with Crippen LogP contribution in [0.25, 0.3) is 0 Å². The summed E-state index contributed by atoms with van der Waals surface area (Å²) in [5.41, 5.74) is -0.234. The molecule has 1 aromatic rings. The van der Waals surface area contributed by atoms with Crippen molar-refractivity contribution in [2.45, 2.75) is 26.3 Å². The highest BCUT2D eigenvalue weighted by molar-refractivity contribution is 5.94. The SMILES string of the molecule is C=CCN(CC(=O)O)C(=O)c1ccc(=O)n(CCCC)n1. The van der Waals surface area contributed by atoms with Crippen molar-refractivity contribution in [1.82, 2.24) is 14.7 Å². The Hall–Kier alpha value is -2.44. The van der Waals surface area contributed by atoms with Crippen molar-refractivity contribution in [3.05, 3.63) is 40.8 Å². The van der Waals surface area contributed by atoms with Crippen molar-refractivity contribution < 1.29 is 14.7 Å². The third-order valence-corrected chi connectivity index (χ3v) is 2.77. The van der Waals surface area contributed by atoms with Gasteiger partial charge in [-0.25, -0.2) is 4.68 Å². The van der Waals surface area contributed by atoms with Gasteiger partial charge < -0.3 is 10.0 Å². The molecule has 1 amide bonds. The van der Waals surface area contributed by atoms with E-state index in [1.165, 1.54) is 22.9 Å². The van der Waals surface area contributed by atoms with Crippen LogP contribution in [0.2, 0.25) is 0 Å². The molecule has 1 rings (SSSR count). The first-order chi connectivity index (χ1) is 9.99. The largest absolute Gasteiger partial charge is 0.480 e. The summed E-state index contributed by atoms with van der Waals surface area (Å²) in [6, 6.07) is 2.58. The van der Waals surface area contributed by atoms with Gasteiger partial charge in [0.1, 0.15) is 12.2 Å². The van der Waals surface area contributed by atoms with E-state index in [0.717, 1.165) is 17.7 Å². The summed E-state index contributed by atoms with van der Waals surface area (Å²) >= 11 is 0. The molecule has 21 heavy (non-hydrogen) atoms. The highest BCUT2D eigenvalue weighted by atomic mass is 16.4. The molecule has 0 atom stereocenters. The Balaban J connectivity index is 3.01. The average molecular weight is 293 g/mol. The van der Waals surface area contributed by atoms with Crippen LogP contribution in [0.15, 0.2) is 29.6 Å². The monoisotopic (exact) mass is 293 g/mol. The second-order valence-electron chi connectivity index (χ2n) is 4.50. The van der Waals surface area contributed by atoms with Crippen LogP contribution in [-0.2, 0) is 11.3 Å². The summed E-state index contributed by atoms with van der Waals surface area (Å²) in [6.45, 7) is 5.56. The van der Waals surface area contributed by atoms with Crippen molar-refractivity contribution >= 4 is 11.9 Å². The van der Waals surface area contributed by atoms with E-state index >= 15 is 0 Å². The first kappa shape index (κ1) is 16.6. The fourth-order valence-electron chi connectivity index (χ4n) is 1.73. The van der Waals surface area contributed by atoms with Gasteiger partial charge >= 0.3 is 5.97 Å². The van der Waals surface area contributed by atoms with Crippen LogP contribution >= 0.6 is 0 Å². The van der Waals surface area contributed by atoms with Gasteiger partial charge in [-0.2, -0.15) is 5.10 Å². The first-order valence-corrected chi connectivity index (χ1v) is 6.69. The number of carbonyl (C=O) groups excluding carboxylic acids is 1. The van der Waals surface area contributed by atoms with E-state index in [1.807, 2.05) is 6.92 Å². The topological polar surface area (TPSA) is 92.5 Å². The fourth-order valence-corrected chi connectivity index (χ4v) is 1.73. The molecule has 0 bridgehead atoms. The Morgan fingerprint density at radius 2 is 2.19 bits per heavy atom. The number of aryl methyl sites for hydroxylation is 1. The molecule has 0 unspecified atom stereocenters. The van der Waals surface area contributed by atoms with Gasteiger partial charge in [0.2, 0.25) is 0 Å². The number of aromatic nitrogens is 2. The molecule has 0 radical (unpaired) electrons. The van der Waals surface area contributed by atoms with Crippen LogP contribution < -0.4 is 5.56 Å². The van der Waals surface area contributed by atoms with Crippen molar-refractivity contribution in [1.29, 1.82) is 0 Å². The van der Waals surface area contributed by atoms with E-state index in [9.17, 15) is 14.4 Å². The number of unbranched alkanes of at least 4 members (excludes halogenated alkanes) is 1. The van der Waals surface area contributed by atoms with Crippen LogP contribution in [0.1, 0.15) is 30.3 Å². The Labute approximate surface area is 122 Å².